The first-order valence-electron chi connectivity index (χ1n) is 5.07. The highest BCUT2D eigenvalue weighted by Crippen LogP contribution is 2.61. The van der Waals surface area contributed by atoms with Crippen molar-refractivity contribution in [3.8, 4) is 0 Å². The second-order valence-electron chi connectivity index (χ2n) is 4.43. The number of esters is 1. The minimum absolute atomic E-state index is 0.183. The molecule has 1 atom stereocenters. The Kier molecular flexibility index (Phi) is 2.77. The SMILES string of the molecule is COC(=O)c1cc(Br)cc(C2(C)CC2(F)F)c1. The molecule has 1 aromatic carbocycles. The van der Waals surface area contributed by atoms with E-state index in [2.05, 4.69) is 20.7 Å². The van der Waals surface area contributed by atoms with Crippen molar-refractivity contribution in [3.63, 3.8) is 0 Å². The molecule has 1 aliphatic rings. The van der Waals surface area contributed by atoms with E-state index < -0.39 is 17.3 Å². The van der Waals surface area contributed by atoms with E-state index in [1.165, 1.54) is 20.1 Å². The van der Waals surface area contributed by atoms with Gasteiger partial charge in [-0.25, -0.2) is 13.6 Å². The van der Waals surface area contributed by atoms with E-state index in [1.807, 2.05) is 0 Å². The van der Waals surface area contributed by atoms with E-state index in [1.54, 1.807) is 12.1 Å². The molecule has 1 fully saturated rings. The molecular formula is C12H11BrF2O2. The van der Waals surface area contributed by atoms with Crippen molar-refractivity contribution in [2.75, 3.05) is 7.11 Å². The van der Waals surface area contributed by atoms with E-state index in [-0.39, 0.29) is 12.0 Å². The van der Waals surface area contributed by atoms with E-state index in [0.29, 0.717) is 10.0 Å². The van der Waals surface area contributed by atoms with Gasteiger partial charge in [-0.3, -0.25) is 0 Å². The molecule has 2 nitrogen and oxygen atoms in total. The van der Waals surface area contributed by atoms with Gasteiger partial charge >= 0.3 is 5.97 Å². The van der Waals surface area contributed by atoms with Crippen molar-refractivity contribution in [1.29, 1.82) is 0 Å². The van der Waals surface area contributed by atoms with Gasteiger partial charge in [0, 0.05) is 10.9 Å². The lowest BCUT2D eigenvalue weighted by atomic mass is 9.96. The van der Waals surface area contributed by atoms with Gasteiger partial charge in [-0.05, 0) is 30.7 Å². The van der Waals surface area contributed by atoms with E-state index >= 15 is 0 Å². The Morgan fingerprint density at radius 1 is 1.41 bits per heavy atom. The molecule has 0 bridgehead atoms. The number of ether oxygens (including phenoxy) is 1. The standard InChI is InChI=1S/C12H11BrF2O2/c1-11(6-12(11,14)15)8-3-7(10(16)17-2)4-9(13)5-8/h3-5H,6H2,1-2H3. The van der Waals surface area contributed by atoms with E-state index in [9.17, 15) is 13.6 Å². The molecule has 1 aromatic rings. The number of carbonyl (C=O) groups excluding carboxylic acids is 1. The zero-order valence-corrected chi connectivity index (χ0v) is 11.0. The molecule has 0 heterocycles. The first-order chi connectivity index (χ1) is 7.80. The highest BCUT2D eigenvalue weighted by Gasteiger charge is 2.68. The number of alkyl halides is 2. The quantitative estimate of drug-likeness (QED) is 0.781. The van der Waals surface area contributed by atoms with Crippen LogP contribution in [-0.4, -0.2) is 19.0 Å². The van der Waals surface area contributed by atoms with Gasteiger partial charge in [0.1, 0.15) is 0 Å². The molecule has 17 heavy (non-hydrogen) atoms. The molecule has 0 amide bonds. The minimum atomic E-state index is -2.69. The number of rotatable bonds is 2. The Bertz CT molecular complexity index is 487. The van der Waals surface area contributed by atoms with E-state index in [0.717, 1.165) is 0 Å². The first-order valence-corrected chi connectivity index (χ1v) is 5.87. The maximum Gasteiger partial charge on any atom is 0.337 e. The number of methoxy groups -OCH3 is 1. The Morgan fingerprint density at radius 2 is 2.00 bits per heavy atom. The van der Waals surface area contributed by atoms with Crippen LogP contribution in [0.15, 0.2) is 22.7 Å². The van der Waals surface area contributed by atoms with Gasteiger partial charge in [0.05, 0.1) is 18.1 Å². The molecule has 0 N–H and O–H groups in total. The summed E-state index contributed by atoms with van der Waals surface area (Å²) in [5.74, 6) is -3.22. The molecule has 0 aromatic heterocycles. The van der Waals surface area contributed by atoms with Crippen LogP contribution in [0.3, 0.4) is 0 Å². The number of hydrogen-bond donors (Lipinski definition) is 0. The summed E-state index contributed by atoms with van der Waals surface area (Å²) in [7, 11) is 1.26. The molecule has 1 unspecified atom stereocenters. The van der Waals surface area contributed by atoms with Gasteiger partial charge < -0.3 is 4.74 Å². The zero-order chi connectivity index (χ0) is 12.8. The van der Waals surface area contributed by atoms with Crippen LogP contribution in [0.25, 0.3) is 0 Å². The van der Waals surface area contributed by atoms with Gasteiger partial charge in [0.15, 0.2) is 0 Å². The monoisotopic (exact) mass is 304 g/mol. The van der Waals surface area contributed by atoms with Gasteiger partial charge in [0.2, 0.25) is 0 Å². The van der Waals surface area contributed by atoms with Crippen molar-refractivity contribution in [2.24, 2.45) is 0 Å². The molecule has 0 aliphatic heterocycles. The van der Waals surface area contributed by atoms with Crippen LogP contribution >= 0.6 is 15.9 Å². The molecule has 1 saturated carbocycles. The van der Waals surface area contributed by atoms with Crippen molar-refractivity contribution < 1.29 is 18.3 Å². The highest BCUT2D eigenvalue weighted by atomic mass is 79.9. The molecule has 92 valence electrons. The summed E-state index contributed by atoms with van der Waals surface area (Å²) in [4.78, 5) is 11.4. The fraction of sp³-hybridized carbons (Fsp3) is 0.417. The fourth-order valence-electron chi connectivity index (χ4n) is 1.86. The van der Waals surface area contributed by atoms with Crippen LogP contribution in [0.2, 0.25) is 0 Å². The van der Waals surface area contributed by atoms with Crippen LogP contribution in [0.5, 0.6) is 0 Å². The Balaban J connectivity index is 2.44. The Hall–Kier alpha value is -0.970. The Labute approximate surface area is 106 Å². The van der Waals surface area contributed by atoms with Crippen molar-refractivity contribution in [2.45, 2.75) is 24.7 Å². The normalized spacial score (nSPS) is 25.5. The summed E-state index contributed by atoms with van der Waals surface area (Å²) in [5, 5.41) is 0. The summed E-state index contributed by atoms with van der Waals surface area (Å²) >= 11 is 3.22. The van der Waals surface area contributed by atoms with Crippen LogP contribution in [-0.2, 0) is 10.2 Å². The predicted molar refractivity (Wildman–Crippen MR) is 62.4 cm³/mol. The fourth-order valence-corrected chi connectivity index (χ4v) is 2.35. The predicted octanol–water partition coefficient (Wildman–Crippen LogP) is 3.53. The largest absolute Gasteiger partial charge is 0.465 e. The number of carbonyl (C=O) groups is 1. The Morgan fingerprint density at radius 3 is 2.47 bits per heavy atom. The van der Waals surface area contributed by atoms with Crippen molar-refractivity contribution in [1.82, 2.24) is 0 Å². The van der Waals surface area contributed by atoms with Gasteiger partial charge in [-0.2, -0.15) is 0 Å². The second kappa shape index (κ2) is 3.77. The van der Waals surface area contributed by atoms with Gasteiger partial charge in [0.25, 0.3) is 5.92 Å². The third-order valence-electron chi connectivity index (χ3n) is 3.21. The maximum absolute atomic E-state index is 13.3. The molecule has 2 rings (SSSR count). The van der Waals surface area contributed by atoms with Gasteiger partial charge in [-0.1, -0.05) is 15.9 Å². The zero-order valence-electron chi connectivity index (χ0n) is 9.39. The summed E-state index contributed by atoms with van der Waals surface area (Å²) in [5.41, 5.74) is -0.433. The lowest BCUT2D eigenvalue weighted by Gasteiger charge is -2.12. The number of benzene rings is 1. The second-order valence-corrected chi connectivity index (χ2v) is 5.35. The summed E-state index contributed by atoms with van der Waals surface area (Å²) in [6.07, 6.45) is -0.183. The molecule has 0 radical (unpaired) electrons. The molecular weight excluding hydrogens is 294 g/mol. The molecule has 0 spiro atoms. The average molecular weight is 305 g/mol. The van der Waals surface area contributed by atoms with Gasteiger partial charge in [-0.15, -0.1) is 0 Å². The third kappa shape index (κ3) is 1.97. The molecule has 1 aliphatic carbocycles. The van der Waals surface area contributed by atoms with E-state index in [4.69, 9.17) is 0 Å². The smallest absolute Gasteiger partial charge is 0.337 e. The third-order valence-corrected chi connectivity index (χ3v) is 3.67. The summed E-state index contributed by atoms with van der Waals surface area (Å²) in [6, 6.07) is 4.64. The maximum atomic E-state index is 13.3. The first kappa shape index (κ1) is 12.5. The van der Waals surface area contributed by atoms with Crippen LogP contribution in [0, 0.1) is 0 Å². The lowest BCUT2D eigenvalue weighted by Crippen LogP contribution is -2.13. The van der Waals surface area contributed by atoms with Crippen LogP contribution < -0.4 is 0 Å². The van der Waals surface area contributed by atoms with Crippen LogP contribution in [0.1, 0.15) is 29.3 Å². The summed E-state index contributed by atoms with van der Waals surface area (Å²) in [6.45, 7) is 1.50. The van der Waals surface area contributed by atoms with Crippen molar-refractivity contribution in [3.05, 3.63) is 33.8 Å². The van der Waals surface area contributed by atoms with Crippen LogP contribution in [0.4, 0.5) is 8.78 Å². The average Bonchev–Trinajstić information content (AvgIpc) is 2.77. The number of halogens is 3. The summed E-state index contributed by atoms with van der Waals surface area (Å²) < 4.78 is 31.7. The number of hydrogen-bond acceptors (Lipinski definition) is 2. The minimum Gasteiger partial charge on any atom is -0.465 e. The molecule has 0 saturated heterocycles. The highest BCUT2D eigenvalue weighted by molar-refractivity contribution is 9.10. The lowest BCUT2D eigenvalue weighted by molar-refractivity contribution is 0.0599. The topological polar surface area (TPSA) is 26.3 Å². The molecule has 5 heteroatoms. The van der Waals surface area contributed by atoms with Crippen molar-refractivity contribution >= 4 is 21.9 Å².